The van der Waals surface area contributed by atoms with Gasteiger partial charge in [0, 0.05) is 25.9 Å². The Bertz CT molecular complexity index is 499. The first-order chi connectivity index (χ1) is 8.28. The number of sulfonamides is 1. The Labute approximate surface area is 106 Å². The van der Waals surface area contributed by atoms with E-state index in [1.807, 2.05) is 0 Å². The van der Waals surface area contributed by atoms with Crippen LogP contribution >= 0.6 is 0 Å². The molecule has 0 aliphatic carbocycles. The first kappa shape index (κ1) is 14.9. The third-order valence-corrected chi connectivity index (χ3v) is 4.55. The summed E-state index contributed by atoms with van der Waals surface area (Å²) in [5.74, 6) is -0.679. The molecular weight excluding hydrogens is 259 g/mol. The van der Waals surface area contributed by atoms with E-state index >= 15 is 0 Å². The Morgan fingerprint density at radius 1 is 1.44 bits per heavy atom. The second-order valence-corrected chi connectivity index (χ2v) is 6.04. The van der Waals surface area contributed by atoms with Crippen LogP contribution in [0.15, 0.2) is 23.1 Å². The Morgan fingerprint density at radius 2 is 2.06 bits per heavy atom. The SMILES string of the molecule is COCC(C)N(C)S(=O)(=O)c1cc(N)cc(F)c1. The highest BCUT2D eigenvalue weighted by molar-refractivity contribution is 7.89. The molecule has 18 heavy (non-hydrogen) atoms. The van der Waals surface area contributed by atoms with Gasteiger partial charge in [0.15, 0.2) is 0 Å². The monoisotopic (exact) mass is 276 g/mol. The maximum atomic E-state index is 13.2. The van der Waals surface area contributed by atoms with Gasteiger partial charge in [0.2, 0.25) is 10.0 Å². The van der Waals surface area contributed by atoms with E-state index in [4.69, 9.17) is 10.5 Å². The lowest BCUT2D eigenvalue weighted by Gasteiger charge is -2.23. The molecule has 0 heterocycles. The van der Waals surface area contributed by atoms with Crippen LogP contribution in [-0.4, -0.2) is 39.5 Å². The molecule has 1 aromatic rings. The minimum atomic E-state index is -3.77. The van der Waals surface area contributed by atoms with Crippen LogP contribution in [-0.2, 0) is 14.8 Å². The number of anilines is 1. The second-order valence-electron chi connectivity index (χ2n) is 4.05. The summed E-state index contributed by atoms with van der Waals surface area (Å²) in [6.45, 7) is 1.95. The number of likely N-dealkylation sites (N-methyl/N-ethyl adjacent to an activating group) is 1. The Kier molecular flexibility index (Phi) is 4.66. The fourth-order valence-corrected chi connectivity index (χ4v) is 2.90. The van der Waals surface area contributed by atoms with Gasteiger partial charge in [0.05, 0.1) is 11.5 Å². The van der Waals surface area contributed by atoms with Gasteiger partial charge in [-0.3, -0.25) is 0 Å². The van der Waals surface area contributed by atoms with Crippen molar-refractivity contribution < 1.29 is 17.5 Å². The van der Waals surface area contributed by atoms with Gasteiger partial charge >= 0.3 is 0 Å². The molecule has 0 amide bonds. The number of benzene rings is 1. The maximum Gasteiger partial charge on any atom is 0.243 e. The topological polar surface area (TPSA) is 72.6 Å². The van der Waals surface area contributed by atoms with Crippen molar-refractivity contribution in [2.24, 2.45) is 0 Å². The zero-order valence-corrected chi connectivity index (χ0v) is 11.4. The Morgan fingerprint density at radius 3 is 2.56 bits per heavy atom. The van der Waals surface area contributed by atoms with Crippen molar-refractivity contribution in [1.29, 1.82) is 0 Å². The van der Waals surface area contributed by atoms with Crippen molar-refractivity contribution in [3.05, 3.63) is 24.0 Å². The van der Waals surface area contributed by atoms with Crippen LogP contribution in [0, 0.1) is 5.82 Å². The molecule has 1 atom stereocenters. The zero-order chi connectivity index (χ0) is 13.9. The van der Waals surface area contributed by atoms with Crippen LogP contribution in [0.3, 0.4) is 0 Å². The van der Waals surface area contributed by atoms with Gasteiger partial charge < -0.3 is 10.5 Å². The van der Waals surface area contributed by atoms with E-state index in [2.05, 4.69) is 0 Å². The largest absolute Gasteiger partial charge is 0.399 e. The molecule has 0 radical (unpaired) electrons. The van der Waals surface area contributed by atoms with Crippen LogP contribution in [0.4, 0.5) is 10.1 Å². The van der Waals surface area contributed by atoms with E-state index < -0.39 is 15.8 Å². The predicted octanol–water partition coefficient (Wildman–Crippen LogP) is 1.06. The molecule has 0 saturated carbocycles. The summed E-state index contributed by atoms with van der Waals surface area (Å²) in [5, 5.41) is 0. The number of rotatable bonds is 5. The normalized spacial score (nSPS) is 13.8. The molecule has 5 nitrogen and oxygen atoms in total. The van der Waals surface area contributed by atoms with Crippen LogP contribution in [0.25, 0.3) is 0 Å². The standard InChI is InChI=1S/C11H17FN2O3S/c1-8(7-17-3)14(2)18(15,16)11-5-9(12)4-10(13)6-11/h4-6,8H,7,13H2,1-3H3. The summed E-state index contributed by atoms with van der Waals surface area (Å²) in [6, 6.07) is 2.89. The van der Waals surface area contributed by atoms with E-state index in [-0.39, 0.29) is 23.2 Å². The van der Waals surface area contributed by atoms with Crippen molar-refractivity contribution >= 4 is 15.7 Å². The molecule has 0 saturated heterocycles. The third-order valence-electron chi connectivity index (χ3n) is 2.60. The van der Waals surface area contributed by atoms with Crippen molar-refractivity contribution in [2.75, 3.05) is 26.5 Å². The Balaban J connectivity index is 3.13. The second kappa shape index (κ2) is 5.64. The lowest BCUT2D eigenvalue weighted by Crippen LogP contribution is -2.37. The van der Waals surface area contributed by atoms with E-state index in [1.165, 1.54) is 20.2 Å². The molecule has 0 spiro atoms. The lowest BCUT2D eigenvalue weighted by atomic mass is 10.3. The average Bonchev–Trinajstić information content (AvgIpc) is 2.27. The highest BCUT2D eigenvalue weighted by Crippen LogP contribution is 2.20. The summed E-state index contributed by atoms with van der Waals surface area (Å²) in [4.78, 5) is -0.162. The molecule has 1 rings (SSSR count). The van der Waals surface area contributed by atoms with E-state index in [0.29, 0.717) is 0 Å². The molecule has 0 fully saturated rings. The quantitative estimate of drug-likeness (QED) is 0.816. The molecular formula is C11H17FN2O3S. The summed E-state index contributed by atoms with van der Waals surface area (Å²) in [5.41, 5.74) is 5.51. The first-order valence-corrected chi connectivity index (χ1v) is 6.76. The highest BCUT2D eigenvalue weighted by atomic mass is 32.2. The number of nitrogens with zero attached hydrogens (tertiary/aromatic N) is 1. The molecule has 2 N–H and O–H groups in total. The number of nitrogens with two attached hydrogens (primary N) is 1. The smallest absolute Gasteiger partial charge is 0.243 e. The average molecular weight is 276 g/mol. The summed E-state index contributed by atoms with van der Waals surface area (Å²) < 4.78 is 43.6. The van der Waals surface area contributed by atoms with Gasteiger partial charge in [-0.1, -0.05) is 0 Å². The molecule has 7 heteroatoms. The first-order valence-electron chi connectivity index (χ1n) is 5.32. The summed E-state index contributed by atoms with van der Waals surface area (Å²) >= 11 is 0. The van der Waals surface area contributed by atoms with Crippen molar-refractivity contribution in [3.8, 4) is 0 Å². The number of halogens is 1. The van der Waals surface area contributed by atoms with Gasteiger partial charge in [0.1, 0.15) is 5.82 Å². The van der Waals surface area contributed by atoms with E-state index in [9.17, 15) is 12.8 Å². The maximum absolute atomic E-state index is 13.2. The van der Waals surface area contributed by atoms with Crippen molar-refractivity contribution in [2.45, 2.75) is 17.9 Å². The number of hydrogen-bond acceptors (Lipinski definition) is 4. The summed E-state index contributed by atoms with van der Waals surface area (Å²) in [7, 11) is -0.872. The van der Waals surface area contributed by atoms with Crippen LogP contribution < -0.4 is 5.73 Å². The van der Waals surface area contributed by atoms with Crippen molar-refractivity contribution in [3.63, 3.8) is 0 Å². The fourth-order valence-electron chi connectivity index (χ4n) is 1.48. The van der Waals surface area contributed by atoms with Gasteiger partial charge in [-0.15, -0.1) is 0 Å². The van der Waals surface area contributed by atoms with Gasteiger partial charge in [-0.2, -0.15) is 4.31 Å². The molecule has 1 aromatic carbocycles. The molecule has 0 aliphatic rings. The number of methoxy groups -OCH3 is 1. The van der Waals surface area contributed by atoms with Crippen LogP contribution in [0.2, 0.25) is 0 Å². The molecule has 1 unspecified atom stereocenters. The van der Waals surface area contributed by atoms with Crippen LogP contribution in [0.5, 0.6) is 0 Å². The van der Waals surface area contributed by atoms with Gasteiger partial charge in [-0.25, -0.2) is 12.8 Å². The predicted molar refractivity (Wildman–Crippen MR) is 67.1 cm³/mol. The number of nitrogen functional groups attached to an aromatic ring is 1. The Hall–Kier alpha value is -1.18. The number of ether oxygens (including phenoxy) is 1. The molecule has 0 bridgehead atoms. The van der Waals surface area contributed by atoms with Gasteiger partial charge in [0.25, 0.3) is 0 Å². The van der Waals surface area contributed by atoms with Crippen molar-refractivity contribution in [1.82, 2.24) is 4.31 Å². The highest BCUT2D eigenvalue weighted by Gasteiger charge is 2.26. The number of hydrogen-bond donors (Lipinski definition) is 1. The fraction of sp³-hybridized carbons (Fsp3) is 0.455. The molecule has 0 aromatic heterocycles. The van der Waals surface area contributed by atoms with E-state index in [1.54, 1.807) is 6.92 Å². The van der Waals surface area contributed by atoms with Gasteiger partial charge in [-0.05, 0) is 25.1 Å². The third kappa shape index (κ3) is 3.18. The minimum Gasteiger partial charge on any atom is -0.399 e. The minimum absolute atomic E-state index is 0.0707. The van der Waals surface area contributed by atoms with Crippen LogP contribution in [0.1, 0.15) is 6.92 Å². The molecule has 0 aliphatic heterocycles. The zero-order valence-electron chi connectivity index (χ0n) is 10.6. The molecule has 102 valence electrons. The lowest BCUT2D eigenvalue weighted by molar-refractivity contribution is 0.149. The summed E-state index contributed by atoms with van der Waals surface area (Å²) in [6.07, 6.45) is 0. The van der Waals surface area contributed by atoms with E-state index in [0.717, 1.165) is 16.4 Å².